The monoisotopic (exact) mass is 291 g/mol. The smallest absolute Gasteiger partial charge is 0.349 e. The van der Waals surface area contributed by atoms with Gasteiger partial charge in [0.15, 0.2) is 5.65 Å². The van der Waals surface area contributed by atoms with Gasteiger partial charge in [0.1, 0.15) is 5.82 Å². The van der Waals surface area contributed by atoms with Gasteiger partial charge in [0, 0.05) is 33.2 Å². The first kappa shape index (κ1) is 13.6. The molecule has 0 saturated carbocycles. The van der Waals surface area contributed by atoms with Crippen LogP contribution in [0.2, 0.25) is 0 Å². The second kappa shape index (κ2) is 5.52. The van der Waals surface area contributed by atoms with Crippen molar-refractivity contribution in [2.24, 2.45) is 0 Å². The van der Waals surface area contributed by atoms with Crippen molar-refractivity contribution in [2.45, 2.75) is 0 Å². The van der Waals surface area contributed by atoms with E-state index in [1.807, 2.05) is 4.90 Å². The van der Waals surface area contributed by atoms with E-state index in [0.717, 1.165) is 26.2 Å². The highest BCUT2D eigenvalue weighted by Crippen LogP contribution is 2.08. The Morgan fingerprint density at radius 2 is 2.14 bits per heavy atom. The minimum atomic E-state index is -0.395. The predicted octanol–water partition coefficient (Wildman–Crippen LogP) is -1.71. The lowest BCUT2D eigenvalue weighted by Crippen LogP contribution is -2.49. The van der Waals surface area contributed by atoms with Crippen LogP contribution in [-0.4, -0.2) is 70.4 Å². The molecule has 1 amide bonds. The molecule has 0 bridgehead atoms. The summed E-state index contributed by atoms with van der Waals surface area (Å²) in [5.74, 6) is 0.606. The summed E-state index contributed by atoms with van der Waals surface area (Å²) in [4.78, 5) is 27.3. The first-order chi connectivity index (χ1) is 10.1. The first-order valence-electron chi connectivity index (χ1n) is 6.79. The van der Waals surface area contributed by atoms with Crippen molar-refractivity contribution < 1.29 is 4.79 Å². The maximum Gasteiger partial charge on any atom is 0.364 e. The number of carbonyl (C=O) groups excluding carboxylic acids is 1. The number of anilines is 1. The van der Waals surface area contributed by atoms with Gasteiger partial charge in [0.2, 0.25) is 5.91 Å². The van der Waals surface area contributed by atoms with Crippen LogP contribution in [0, 0.1) is 0 Å². The van der Waals surface area contributed by atoms with Crippen molar-refractivity contribution >= 4 is 17.4 Å². The number of H-pyrrole nitrogens is 1. The van der Waals surface area contributed by atoms with E-state index in [0.29, 0.717) is 11.5 Å². The number of nitrogens with zero attached hydrogens (tertiary/aromatic N) is 5. The third-order valence-electron chi connectivity index (χ3n) is 3.49. The van der Waals surface area contributed by atoms with Gasteiger partial charge in [-0.2, -0.15) is 9.61 Å². The summed E-state index contributed by atoms with van der Waals surface area (Å²) in [5, 5.41) is 13.5. The fourth-order valence-electron chi connectivity index (χ4n) is 2.29. The van der Waals surface area contributed by atoms with Gasteiger partial charge < -0.3 is 15.1 Å². The lowest BCUT2D eigenvalue weighted by molar-refractivity contribution is -0.130. The number of hydrogen-bond acceptors (Lipinski definition) is 6. The second-order valence-electron chi connectivity index (χ2n) is 4.98. The molecule has 0 aromatic carbocycles. The van der Waals surface area contributed by atoms with Gasteiger partial charge in [-0.25, -0.2) is 9.89 Å². The highest BCUT2D eigenvalue weighted by atomic mass is 16.2. The van der Waals surface area contributed by atoms with Crippen molar-refractivity contribution in [1.82, 2.24) is 30.0 Å². The Morgan fingerprint density at radius 3 is 2.90 bits per heavy atom. The normalized spacial score (nSPS) is 15.4. The van der Waals surface area contributed by atoms with Crippen LogP contribution in [0.5, 0.6) is 0 Å². The van der Waals surface area contributed by atoms with Crippen LogP contribution in [-0.2, 0) is 4.79 Å². The number of likely N-dealkylation sites (N-methyl/N-ethyl adjacent to an activating group) is 1. The Bertz CT molecular complexity index is 701. The van der Waals surface area contributed by atoms with E-state index in [9.17, 15) is 9.59 Å². The lowest BCUT2D eigenvalue weighted by atomic mass is 10.3. The summed E-state index contributed by atoms with van der Waals surface area (Å²) in [7, 11) is 1.78. The zero-order valence-corrected chi connectivity index (χ0v) is 11.7. The van der Waals surface area contributed by atoms with Crippen LogP contribution >= 0.6 is 0 Å². The molecule has 1 aliphatic heterocycles. The van der Waals surface area contributed by atoms with Gasteiger partial charge in [-0.1, -0.05) is 0 Å². The molecule has 0 spiro atoms. The average molecular weight is 291 g/mol. The Kier molecular flexibility index (Phi) is 3.57. The lowest BCUT2D eigenvalue weighted by Gasteiger charge is -2.29. The van der Waals surface area contributed by atoms with Gasteiger partial charge >= 0.3 is 5.69 Å². The van der Waals surface area contributed by atoms with Crippen LogP contribution in [0.1, 0.15) is 0 Å². The maximum absolute atomic E-state index is 12.2. The molecule has 2 N–H and O–H groups in total. The van der Waals surface area contributed by atoms with Crippen molar-refractivity contribution in [3.63, 3.8) is 0 Å². The highest BCUT2D eigenvalue weighted by Gasteiger charge is 2.18. The largest absolute Gasteiger partial charge is 0.364 e. The zero-order valence-electron chi connectivity index (χ0n) is 11.7. The van der Waals surface area contributed by atoms with Gasteiger partial charge in [-0.3, -0.25) is 4.79 Å². The number of amides is 1. The van der Waals surface area contributed by atoms with Crippen molar-refractivity contribution in [1.29, 1.82) is 0 Å². The van der Waals surface area contributed by atoms with Crippen molar-refractivity contribution in [2.75, 3.05) is 44.7 Å². The number of aromatic amines is 1. The molecular weight excluding hydrogens is 274 g/mol. The van der Waals surface area contributed by atoms with E-state index in [1.54, 1.807) is 24.1 Å². The first-order valence-corrected chi connectivity index (χ1v) is 6.79. The topological polar surface area (TPSA) is 98.6 Å². The Hall–Kier alpha value is -2.42. The summed E-state index contributed by atoms with van der Waals surface area (Å²) in [5.41, 5.74) is 0.0549. The van der Waals surface area contributed by atoms with Crippen LogP contribution in [0.3, 0.4) is 0 Å². The molecule has 1 aliphatic rings. The number of hydrogen-bond donors (Lipinski definition) is 2. The third-order valence-corrected chi connectivity index (χ3v) is 3.49. The Morgan fingerprint density at radius 1 is 1.38 bits per heavy atom. The SMILES string of the molecule is CN(CC(=O)N1CCNCC1)c1ccc2n[nH]c(=O)n2n1. The summed E-state index contributed by atoms with van der Waals surface area (Å²) in [6.45, 7) is 3.32. The summed E-state index contributed by atoms with van der Waals surface area (Å²) in [6, 6.07) is 3.42. The van der Waals surface area contributed by atoms with E-state index < -0.39 is 5.69 Å². The molecule has 21 heavy (non-hydrogen) atoms. The van der Waals surface area contributed by atoms with Crippen molar-refractivity contribution in [3.8, 4) is 0 Å². The molecule has 9 heteroatoms. The minimum Gasteiger partial charge on any atom is -0.349 e. The summed E-state index contributed by atoms with van der Waals surface area (Å²) < 4.78 is 1.18. The quantitative estimate of drug-likeness (QED) is 0.698. The molecular formula is C12H17N7O2. The Labute approximate surface area is 120 Å². The van der Waals surface area contributed by atoms with Gasteiger partial charge in [-0.15, -0.1) is 5.10 Å². The molecule has 112 valence electrons. The minimum absolute atomic E-state index is 0.0560. The number of nitrogens with one attached hydrogen (secondary N) is 2. The molecule has 0 aliphatic carbocycles. The summed E-state index contributed by atoms with van der Waals surface area (Å²) >= 11 is 0. The van der Waals surface area contributed by atoms with Gasteiger partial charge in [0.05, 0.1) is 6.54 Å². The number of rotatable bonds is 3. The van der Waals surface area contributed by atoms with Gasteiger partial charge in [-0.05, 0) is 12.1 Å². The zero-order chi connectivity index (χ0) is 14.8. The van der Waals surface area contributed by atoms with E-state index in [-0.39, 0.29) is 12.5 Å². The second-order valence-corrected chi connectivity index (χ2v) is 4.98. The molecule has 2 aromatic heterocycles. The van der Waals surface area contributed by atoms with E-state index in [2.05, 4.69) is 20.6 Å². The fraction of sp³-hybridized carbons (Fsp3) is 0.500. The molecule has 1 fully saturated rings. The number of aromatic nitrogens is 4. The average Bonchev–Trinajstić information content (AvgIpc) is 2.89. The van der Waals surface area contributed by atoms with Crippen LogP contribution < -0.4 is 15.9 Å². The van der Waals surface area contributed by atoms with E-state index >= 15 is 0 Å². The molecule has 0 unspecified atom stereocenters. The molecule has 3 rings (SSSR count). The third kappa shape index (κ3) is 2.72. The molecule has 3 heterocycles. The number of carbonyl (C=O) groups is 1. The van der Waals surface area contributed by atoms with Crippen LogP contribution in [0.4, 0.5) is 5.82 Å². The molecule has 1 saturated heterocycles. The highest BCUT2D eigenvalue weighted by molar-refractivity contribution is 5.81. The van der Waals surface area contributed by atoms with E-state index in [4.69, 9.17) is 0 Å². The molecule has 9 nitrogen and oxygen atoms in total. The Balaban J connectivity index is 1.73. The van der Waals surface area contributed by atoms with Crippen LogP contribution in [0.15, 0.2) is 16.9 Å². The molecule has 2 aromatic rings. The summed E-state index contributed by atoms with van der Waals surface area (Å²) in [6.07, 6.45) is 0. The molecule has 0 atom stereocenters. The number of piperazine rings is 1. The maximum atomic E-state index is 12.2. The van der Waals surface area contributed by atoms with E-state index in [1.165, 1.54) is 4.52 Å². The fourth-order valence-corrected chi connectivity index (χ4v) is 2.29. The van der Waals surface area contributed by atoms with Gasteiger partial charge in [0.25, 0.3) is 0 Å². The van der Waals surface area contributed by atoms with Crippen molar-refractivity contribution in [3.05, 3.63) is 22.6 Å². The number of fused-ring (bicyclic) bond motifs is 1. The predicted molar refractivity (Wildman–Crippen MR) is 76.3 cm³/mol. The van der Waals surface area contributed by atoms with Crippen LogP contribution in [0.25, 0.3) is 5.65 Å². The standard InChI is InChI=1S/C12H17N7O2/c1-17(8-11(20)18-6-4-13-5-7-18)10-3-2-9-14-15-12(21)19(9)16-10/h2-3,13H,4-8H2,1H3,(H,15,21). The molecule has 0 radical (unpaired) electrons.